The fourth-order valence-corrected chi connectivity index (χ4v) is 1.73. The van der Waals surface area contributed by atoms with Crippen LogP contribution < -0.4 is 5.56 Å². The lowest BCUT2D eigenvalue weighted by molar-refractivity contribution is 1.30. The first-order chi connectivity index (χ1) is 5.38. The summed E-state index contributed by atoms with van der Waals surface area (Å²) in [6, 6.07) is 5.48. The average molecular weight is 163 g/mol. The Morgan fingerprint density at radius 1 is 1.36 bits per heavy atom. The number of nitrogens with zero attached hydrogens (tertiary/aromatic N) is 1. The normalized spacial score (nSPS) is 10.2. The van der Waals surface area contributed by atoms with Crippen molar-refractivity contribution >= 4 is 21.4 Å². The van der Waals surface area contributed by atoms with Crippen molar-refractivity contribution in [1.29, 1.82) is 0 Å². The van der Waals surface area contributed by atoms with Crippen molar-refractivity contribution in [2.45, 2.75) is 0 Å². The zero-order chi connectivity index (χ0) is 7.68. The van der Waals surface area contributed by atoms with E-state index < -0.39 is 0 Å². The van der Waals surface area contributed by atoms with E-state index in [1.54, 1.807) is 23.5 Å². The minimum absolute atomic E-state index is 0.147. The van der Waals surface area contributed by atoms with E-state index >= 15 is 0 Å². The molecule has 0 fully saturated rings. The molecular weight excluding hydrogens is 158 g/mol. The zero-order valence-corrected chi connectivity index (χ0v) is 6.47. The second-order valence-corrected chi connectivity index (χ2v) is 3.09. The van der Waals surface area contributed by atoms with Gasteiger partial charge in [-0.25, -0.2) is 4.98 Å². The molecule has 0 spiro atoms. The van der Waals surface area contributed by atoms with Crippen LogP contribution in [0.4, 0.5) is 0 Å². The van der Waals surface area contributed by atoms with Crippen LogP contribution in [0.3, 0.4) is 0 Å². The molecule has 0 saturated heterocycles. The van der Waals surface area contributed by atoms with Gasteiger partial charge in [-0.05, 0) is 23.6 Å². The fraction of sp³-hybridized carbons (Fsp3) is 0. The summed E-state index contributed by atoms with van der Waals surface area (Å²) in [6.45, 7) is 0. The summed E-state index contributed by atoms with van der Waals surface area (Å²) in [5.74, 6) is 0. The van der Waals surface area contributed by atoms with Crippen molar-refractivity contribution in [3.05, 3.63) is 40.1 Å². The van der Waals surface area contributed by atoms with Crippen molar-refractivity contribution < 1.29 is 0 Å². The van der Waals surface area contributed by atoms with Gasteiger partial charge in [-0.2, -0.15) is 0 Å². The molecule has 2 rings (SSSR count). The van der Waals surface area contributed by atoms with Gasteiger partial charge in [-0.15, -0.1) is 11.3 Å². The topological polar surface area (TPSA) is 30.0 Å². The van der Waals surface area contributed by atoms with Gasteiger partial charge >= 0.3 is 0 Å². The highest BCUT2D eigenvalue weighted by Crippen LogP contribution is 2.14. The van der Waals surface area contributed by atoms with Crippen LogP contribution in [0.1, 0.15) is 0 Å². The van der Waals surface area contributed by atoms with Crippen LogP contribution in [0.5, 0.6) is 0 Å². The number of aromatic nitrogens is 1. The molecule has 0 saturated carbocycles. The van der Waals surface area contributed by atoms with E-state index in [1.165, 1.54) is 6.20 Å². The molecule has 0 aliphatic rings. The molecular formula is C8H5NOS. The third-order valence-electron chi connectivity index (χ3n) is 1.45. The Hall–Kier alpha value is -1.22. The molecule has 2 heterocycles. The molecule has 0 aromatic carbocycles. The van der Waals surface area contributed by atoms with Gasteiger partial charge in [0.15, 0.2) is 0 Å². The van der Waals surface area contributed by atoms with Crippen LogP contribution in [0.15, 0.2) is 34.6 Å². The van der Waals surface area contributed by atoms with Gasteiger partial charge in [0.1, 0.15) is 0 Å². The highest BCUT2D eigenvalue weighted by atomic mass is 32.1. The summed E-state index contributed by atoms with van der Waals surface area (Å²) in [7, 11) is 0. The van der Waals surface area contributed by atoms with Gasteiger partial charge in [0.05, 0.1) is 5.39 Å². The summed E-state index contributed by atoms with van der Waals surface area (Å²) >= 11 is 1.55. The third kappa shape index (κ3) is 1.03. The Morgan fingerprint density at radius 3 is 3.18 bits per heavy atom. The van der Waals surface area contributed by atoms with E-state index in [0.717, 1.165) is 4.70 Å². The number of hydrogen-bond acceptors (Lipinski definition) is 3. The Labute approximate surface area is 67.1 Å². The minimum atomic E-state index is -0.147. The summed E-state index contributed by atoms with van der Waals surface area (Å²) in [4.78, 5) is 14.8. The predicted octanol–water partition coefficient (Wildman–Crippen LogP) is 1.66. The van der Waals surface area contributed by atoms with Crippen molar-refractivity contribution in [3.63, 3.8) is 0 Å². The zero-order valence-electron chi connectivity index (χ0n) is 5.65. The van der Waals surface area contributed by atoms with Crippen LogP contribution in [-0.4, -0.2) is 4.98 Å². The van der Waals surface area contributed by atoms with Gasteiger partial charge in [-0.3, -0.25) is 4.79 Å². The standard InChI is InChI=1S/C8H5NOS/c10-8-6-3-5-11-7(6)2-1-4-9-8/h1-5H. The molecule has 0 unspecified atom stereocenters. The lowest BCUT2D eigenvalue weighted by Gasteiger charge is -1.72. The maximum absolute atomic E-state index is 11.1. The number of hydrogen-bond donors (Lipinski definition) is 0. The van der Waals surface area contributed by atoms with E-state index in [2.05, 4.69) is 4.98 Å². The minimum Gasteiger partial charge on any atom is -0.267 e. The number of fused-ring (bicyclic) bond motifs is 1. The quantitative estimate of drug-likeness (QED) is 0.591. The Morgan fingerprint density at radius 2 is 2.27 bits per heavy atom. The van der Waals surface area contributed by atoms with Crippen molar-refractivity contribution in [1.82, 2.24) is 4.98 Å². The molecule has 0 atom stereocenters. The van der Waals surface area contributed by atoms with Crippen molar-refractivity contribution in [2.24, 2.45) is 0 Å². The summed E-state index contributed by atoms with van der Waals surface area (Å²) in [5, 5.41) is 2.60. The molecule has 0 aliphatic carbocycles. The van der Waals surface area contributed by atoms with Gasteiger partial charge in [0.25, 0.3) is 5.56 Å². The molecule has 0 N–H and O–H groups in total. The van der Waals surface area contributed by atoms with Gasteiger partial charge < -0.3 is 0 Å². The third-order valence-corrected chi connectivity index (χ3v) is 2.33. The van der Waals surface area contributed by atoms with Crippen molar-refractivity contribution in [2.75, 3.05) is 0 Å². The van der Waals surface area contributed by atoms with Gasteiger partial charge in [0.2, 0.25) is 0 Å². The average Bonchev–Trinajstić information content (AvgIpc) is 2.40. The molecule has 0 amide bonds. The van der Waals surface area contributed by atoms with Crippen LogP contribution in [-0.2, 0) is 0 Å². The fourth-order valence-electron chi connectivity index (χ4n) is 0.937. The Kier molecular flexibility index (Phi) is 1.43. The molecule has 2 nitrogen and oxygen atoms in total. The van der Waals surface area contributed by atoms with Crippen LogP contribution in [0.2, 0.25) is 0 Å². The molecule has 3 heteroatoms. The SMILES string of the molecule is O=c1ncccc2sccc12. The van der Waals surface area contributed by atoms with Crippen molar-refractivity contribution in [3.8, 4) is 0 Å². The first-order valence-corrected chi connectivity index (χ1v) is 4.08. The van der Waals surface area contributed by atoms with E-state index in [9.17, 15) is 4.79 Å². The van der Waals surface area contributed by atoms with Crippen LogP contribution in [0.25, 0.3) is 10.1 Å². The van der Waals surface area contributed by atoms with Crippen LogP contribution >= 0.6 is 11.3 Å². The second kappa shape index (κ2) is 2.43. The van der Waals surface area contributed by atoms with E-state index in [0.29, 0.717) is 5.39 Å². The molecule has 2 aromatic rings. The summed E-state index contributed by atoms with van der Waals surface area (Å²) < 4.78 is 0.993. The smallest absolute Gasteiger partial charge is 0.267 e. The first kappa shape index (κ1) is 6.49. The second-order valence-electron chi connectivity index (χ2n) is 2.14. The highest BCUT2D eigenvalue weighted by Gasteiger charge is 1.95. The van der Waals surface area contributed by atoms with Gasteiger partial charge in [0, 0.05) is 10.9 Å². The summed E-state index contributed by atoms with van der Waals surface area (Å²) in [5.41, 5.74) is -0.147. The monoisotopic (exact) mass is 163 g/mol. The van der Waals surface area contributed by atoms with Crippen LogP contribution in [0, 0.1) is 0 Å². The molecule has 2 aromatic heterocycles. The molecule has 0 bridgehead atoms. The van der Waals surface area contributed by atoms with E-state index in [1.807, 2.05) is 11.4 Å². The number of thiophene rings is 1. The molecule has 54 valence electrons. The predicted molar refractivity (Wildman–Crippen MR) is 45.9 cm³/mol. The maximum Gasteiger partial charge on any atom is 0.278 e. The Bertz CT molecular complexity index is 435. The lowest BCUT2D eigenvalue weighted by Crippen LogP contribution is -1.98. The highest BCUT2D eigenvalue weighted by molar-refractivity contribution is 7.17. The number of rotatable bonds is 0. The largest absolute Gasteiger partial charge is 0.278 e. The lowest BCUT2D eigenvalue weighted by atomic mass is 10.4. The first-order valence-electron chi connectivity index (χ1n) is 3.20. The summed E-state index contributed by atoms with van der Waals surface area (Å²) in [6.07, 6.45) is 1.52. The molecule has 0 radical (unpaired) electrons. The Balaban J connectivity index is 3.09. The van der Waals surface area contributed by atoms with Gasteiger partial charge in [-0.1, -0.05) is 0 Å². The van der Waals surface area contributed by atoms with E-state index in [-0.39, 0.29) is 5.56 Å². The van der Waals surface area contributed by atoms with E-state index in [4.69, 9.17) is 0 Å². The molecule has 0 aliphatic heterocycles. The maximum atomic E-state index is 11.1. The molecule has 11 heavy (non-hydrogen) atoms.